The van der Waals surface area contributed by atoms with Gasteiger partial charge in [0.1, 0.15) is 5.82 Å². The van der Waals surface area contributed by atoms with Gasteiger partial charge in [0.05, 0.1) is 18.9 Å². The van der Waals surface area contributed by atoms with Crippen LogP contribution in [0.1, 0.15) is 38.2 Å². The lowest BCUT2D eigenvalue weighted by Gasteiger charge is -2.33. The van der Waals surface area contributed by atoms with E-state index < -0.39 is 5.97 Å². The van der Waals surface area contributed by atoms with Crippen molar-refractivity contribution in [1.82, 2.24) is 0 Å². The lowest BCUT2D eigenvalue weighted by atomic mass is 9.84. The predicted molar refractivity (Wildman–Crippen MR) is 142 cm³/mol. The molecule has 1 saturated carbocycles. The van der Waals surface area contributed by atoms with Crippen molar-refractivity contribution in [3.8, 4) is 0 Å². The molecule has 2 aromatic rings. The van der Waals surface area contributed by atoms with Crippen LogP contribution in [0, 0.1) is 11.7 Å². The molecule has 2 fully saturated rings. The van der Waals surface area contributed by atoms with E-state index in [1.165, 1.54) is 6.07 Å². The van der Waals surface area contributed by atoms with Gasteiger partial charge in [-0.25, -0.2) is 9.18 Å². The Morgan fingerprint density at radius 2 is 1.94 bits per heavy atom. The van der Waals surface area contributed by atoms with E-state index in [1.54, 1.807) is 17.0 Å². The highest BCUT2D eigenvalue weighted by atomic mass is 19.1. The van der Waals surface area contributed by atoms with Gasteiger partial charge in [-0.3, -0.25) is 4.79 Å². The Balaban J connectivity index is 0.000000236. The number of rotatable bonds is 8. The molecule has 1 aliphatic carbocycles. The SMILES string of the molecule is CCCN(C(=O)C1CCC1)c1ccc(N2CCOCC2)c(F)c1.CNc1cccc(/C=C/C(=O)O)c1. The van der Waals surface area contributed by atoms with E-state index in [0.717, 1.165) is 43.0 Å². The zero-order valence-electron chi connectivity index (χ0n) is 21.1. The molecule has 0 unspecified atom stereocenters. The molecule has 1 saturated heterocycles. The number of carboxylic acids is 1. The smallest absolute Gasteiger partial charge is 0.328 e. The average molecular weight is 498 g/mol. The topological polar surface area (TPSA) is 82.1 Å². The van der Waals surface area contributed by atoms with Crippen molar-refractivity contribution >= 4 is 35.0 Å². The van der Waals surface area contributed by atoms with Crippen molar-refractivity contribution in [2.75, 3.05) is 55.0 Å². The quantitative estimate of drug-likeness (QED) is 0.498. The van der Waals surface area contributed by atoms with Gasteiger partial charge in [0.25, 0.3) is 0 Å². The van der Waals surface area contributed by atoms with Crippen LogP contribution < -0.4 is 15.1 Å². The molecule has 2 aliphatic rings. The molecule has 0 aromatic heterocycles. The van der Waals surface area contributed by atoms with Gasteiger partial charge >= 0.3 is 5.97 Å². The van der Waals surface area contributed by atoms with Gasteiger partial charge in [-0.15, -0.1) is 0 Å². The fourth-order valence-electron chi connectivity index (χ4n) is 4.16. The molecule has 7 nitrogen and oxygen atoms in total. The summed E-state index contributed by atoms with van der Waals surface area (Å²) in [6.07, 6.45) is 6.60. The summed E-state index contributed by atoms with van der Waals surface area (Å²) >= 11 is 0. The monoisotopic (exact) mass is 497 g/mol. The van der Waals surface area contributed by atoms with Gasteiger partial charge < -0.3 is 25.0 Å². The first-order valence-electron chi connectivity index (χ1n) is 12.6. The number of ether oxygens (including phenoxy) is 1. The maximum atomic E-state index is 14.6. The number of halogens is 1. The minimum Gasteiger partial charge on any atom is -0.478 e. The molecule has 2 aromatic carbocycles. The van der Waals surface area contributed by atoms with Gasteiger partial charge in [0.15, 0.2) is 0 Å². The number of hydrogen-bond donors (Lipinski definition) is 2. The van der Waals surface area contributed by atoms with Crippen LogP contribution in [-0.4, -0.2) is 56.9 Å². The fourth-order valence-corrected chi connectivity index (χ4v) is 4.16. The van der Waals surface area contributed by atoms with Crippen LogP contribution in [0.5, 0.6) is 0 Å². The molecule has 0 radical (unpaired) electrons. The van der Waals surface area contributed by atoms with Crippen LogP contribution in [0.2, 0.25) is 0 Å². The second-order valence-corrected chi connectivity index (χ2v) is 8.90. The summed E-state index contributed by atoms with van der Waals surface area (Å²) in [5, 5.41) is 11.4. The number of hydrogen-bond acceptors (Lipinski definition) is 5. The number of carbonyl (C=O) groups is 2. The second kappa shape index (κ2) is 13.6. The summed E-state index contributed by atoms with van der Waals surface area (Å²) in [6, 6.07) is 12.7. The van der Waals surface area contributed by atoms with Crippen molar-refractivity contribution in [1.29, 1.82) is 0 Å². The van der Waals surface area contributed by atoms with E-state index >= 15 is 0 Å². The molecule has 8 heteroatoms. The first-order valence-corrected chi connectivity index (χ1v) is 12.6. The Kier molecular flexibility index (Phi) is 10.3. The molecular weight excluding hydrogens is 461 g/mol. The zero-order valence-corrected chi connectivity index (χ0v) is 21.1. The summed E-state index contributed by atoms with van der Waals surface area (Å²) in [7, 11) is 1.82. The van der Waals surface area contributed by atoms with Crippen LogP contribution in [0.3, 0.4) is 0 Å². The highest BCUT2D eigenvalue weighted by molar-refractivity contribution is 5.95. The lowest BCUT2D eigenvalue weighted by Crippen LogP contribution is -2.40. The average Bonchev–Trinajstić information content (AvgIpc) is 2.86. The largest absolute Gasteiger partial charge is 0.478 e. The highest BCUT2D eigenvalue weighted by Crippen LogP contribution is 2.32. The standard InChI is InChI=1S/C18H25FN2O2.C10H11NO2/c1-2-8-21(18(22)14-4-3-5-14)15-6-7-17(16(19)13-15)20-9-11-23-12-10-20;1-11-9-4-2-3-8(7-9)5-6-10(12)13/h6-7,13-14H,2-5,8-12H2,1H3;2-7,11H,1H3,(H,12,13)/b;6-5+. The molecule has 2 N–H and O–H groups in total. The zero-order chi connectivity index (χ0) is 25.9. The molecule has 0 bridgehead atoms. The van der Waals surface area contributed by atoms with Gasteiger partial charge in [-0.05, 0) is 61.2 Å². The minimum absolute atomic E-state index is 0.128. The van der Waals surface area contributed by atoms with Crippen molar-refractivity contribution in [2.24, 2.45) is 5.92 Å². The van der Waals surface area contributed by atoms with Crippen molar-refractivity contribution < 1.29 is 23.8 Å². The maximum absolute atomic E-state index is 14.6. The molecule has 4 rings (SSSR count). The lowest BCUT2D eigenvalue weighted by molar-refractivity contribution is -0.131. The van der Waals surface area contributed by atoms with E-state index in [1.807, 2.05) is 49.2 Å². The molecule has 1 aliphatic heterocycles. The van der Waals surface area contributed by atoms with Crippen LogP contribution in [0.15, 0.2) is 48.5 Å². The van der Waals surface area contributed by atoms with E-state index in [-0.39, 0.29) is 17.6 Å². The predicted octanol–water partition coefficient (Wildman–Crippen LogP) is 5.03. The molecule has 1 heterocycles. The Labute approximate surface area is 212 Å². The Morgan fingerprint density at radius 1 is 1.19 bits per heavy atom. The summed E-state index contributed by atoms with van der Waals surface area (Å²) in [6.45, 7) is 5.35. The number of nitrogens with zero attached hydrogens (tertiary/aromatic N) is 2. The minimum atomic E-state index is -0.935. The van der Waals surface area contributed by atoms with Gasteiger partial charge in [-0.2, -0.15) is 0 Å². The second-order valence-electron chi connectivity index (χ2n) is 8.90. The van der Waals surface area contributed by atoms with E-state index in [2.05, 4.69) is 5.32 Å². The first kappa shape index (κ1) is 27.2. The molecular formula is C28H36FN3O4. The van der Waals surface area contributed by atoms with Gasteiger partial charge in [-0.1, -0.05) is 25.5 Å². The van der Waals surface area contributed by atoms with Crippen molar-refractivity contribution in [2.45, 2.75) is 32.6 Å². The Hall–Kier alpha value is -3.39. The van der Waals surface area contributed by atoms with Crippen LogP contribution in [0.25, 0.3) is 6.08 Å². The number of aliphatic carboxylic acids is 1. The fraction of sp³-hybridized carbons (Fsp3) is 0.429. The molecule has 0 atom stereocenters. The van der Waals surface area contributed by atoms with Crippen LogP contribution >= 0.6 is 0 Å². The van der Waals surface area contributed by atoms with Gasteiger partial charge in [0, 0.05) is 50.1 Å². The van der Waals surface area contributed by atoms with Gasteiger partial charge in [0.2, 0.25) is 5.91 Å². The number of amides is 1. The Bertz CT molecular complexity index is 1050. The van der Waals surface area contributed by atoms with E-state index in [9.17, 15) is 14.0 Å². The number of nitrogens with one attached hydrogen (secondary N) is 1. The normalized spacial score (nSPS) is 15.6. The molecule has 194 valence electrons. The van der Waals surface area contributed by atoms with E-state index in [4.69, 9.17) is 9.84 Å². The number of anilines is 3. The third-order valence-electron chi connectivity index (χ3n) is 6.36. The summed E-state index contributed by atoms with van der Waals surface area (Å²) in [5.41, 5.74) is 3.12. The van der Waals surface area contributed by atoms with Crippen LogP contribution in [0.4, 0.5) is 21.5 Å². The van der Waals surface area contributed by atoms with Crippen molar-refractivity contribution in [3.63, 3.8) is 0 Å². The number of carboxylic acid groups (broad SMARTS) is 1. The summed E-state index contributed by atoms with van der Waals surface area (Å²) in [4.78, 5) is 26.6. The third kappa shape index (κ3) is 7.55. The highest BCUT2D eigenvalue weighted by Gasteiger charge is 2.30. The number of carbonyl (C=O) groups excluding carboxylic acids is 1. The van der Waals surface area contributed by atoms with Crippen LogP contribution in [-0.2, 0) is 14.3 Å². The summed E-state index contributed by atoms with van der Waals surface area (Å²) < 4.78 is 19.9. The maximum Gasteiger partial charge on any atom is 0.328 e. The third-order valence-corrected chi connectivity index (χ3v) is 6.36. The molecule has 1 amide bonds. The Morgan fingerprint density at radius 3 is 2.53 bits per heavy atom. The molecule has 0 spiro atoms. The van der Waals surface area contributed by atoms with E-state index in [0.29, 0.717) is 44.2 Å². The van der Waals surface area contributed by atoms with Crippen molar-refractivity contribution in [3.05, 3.63) is 59.9 Å². The summed E-state index contributed by atoms with van der Waals surface area (Å²) in [5.74, 6) is -0.915. The number of morpholine rings is 1. The first-order chi connectivity index (χ1) is 17.4. The number of benzene rings is 2. The molecule has 36 heavy (non-hydrogen) atoms.